The van der Waals surface area contributed by atoms with Crippen molar-refractivity contribution in [2.75, 3.05) is 37.7 Å². The first-order chi connectivity index (χ1) is 11.3. The molecular formula is C17H22N4O2. The number of carbonyl (C=O) groups is 1. The van der Waals surface area contributed by atoms with E-state index in [0.29, 0.717) is 12.0 Å². The van der Waals surface area contributed by atoms with Gasteiger partial charge in [-0.25, -0.2) is 4.98 Å². The Balaban J connectivity index is 1.45. The molecule has 0 aliphatic carbocycles. The standard InChI is InChI=1S/C17H22N4O2/c18-12-14-3-5-16(19-13-14)20-7-9-21(10-8-20)17(22)6-4-15-2-1-11-23-15/h3,5,13,15H,1-2,4,6-11H2. The number of hydrogen-bond acceptors (Lipinski definition) is 5. The van der Waals surface area contributed by atoms with Crippen LogP contribution >= 0.6 is 0 Å². The Morgan fingerprint density at radius 1 is 1.35 bits per heavy atom. The largest absolute Gasteiger partial charge is 0.378 e. The van der Waals surface area contributed by atoms with Crippen LogP contribution in [0, 0.1) is 11.3 Å². The first-order valence-electron chi connectivity index (χ1n) is 8.27. The van der Waals surface area contributed by atoms with Crippen LogP contribution in [0.25, 0.3) is 0 Å². The quantitative estimate of drug-likeness (QED) is 0.843. The van der Waals surface area contributed by atoms with Gasteiger partial charge in [0.2, 0.25) is 5.91 Å². The van der Waals surface area contributed by atoms with Crippen LogP contribution in [-0.4, -0.2) is 54.7 Å². The van der Waals surface area contributed by atoms with Crippen molar-refractivity contribution in [3.8, 4) is 6.07 Å². The minimum absolute atomic E-state index is 0.230. The van der Waals surface area contributed by atoms with Crippen molar-refractivity contribution in [3.63, 3.8) is 0 Å². The highest BCUT2D eigenvalue weighted by molar-refractivity contribution is 5.76. The summed E-state index contributed by atoms with van der Waals surface area (Å²) in [6.45, 7) is 3.86. The van der Waals surface area contributed by atoms with Gasteiger partial charge in [-0.15, -0.1) is 0 Å². The summed E-state index contributed by atoms with van der Waals surface area (Å²) in [5, 5.41) is 8.81. The molecule has 3 heterocycles. The molecular weight excluding hydrogens is 292 g/mol. The fraction of sp³-hybridized carbons (Fsp3) is 0.588. The van der Waals surface area contributed by atoms with Crippen molar-refractivity contribution in [2.24, 2.45) is 0 Å². The molecule has 0 aromatic carbocycles. The Morgan fingerprint density at radius 2 is 2.17 bits per heavy atom. The van der Waals surface area contributed by atoms with Crippen LogP contribution in [0.1, 0.15) is 31.2 Å². The molecule has 0 N–H and O–H groups in total. The van der Waals surface area contributed by atoms with Gasteiger partial charge in [-0.05, 0) is 31.4 Å². The van der Waals surface area contributed by atoms with E-state index in [1.165, 1.54) is 0 Å². The Morgan fingerprint density at radius 3 is 2.78 bits per heavy atom. The smallest absolute Gasteiger partial charge is 0.222 e. The van der Waals surface area contributed by atoms with Gasteiger partial charge in [0.1, 0.15) is 11.9 Å². The predicted octanol–water partition coefficient (Wildman–Crippen LogP) is 1.56. The van der Waals surface area contributed by atoms with Crippen LogP contribution in [0.3, 0.4) is 0 Å². The Bertz CT molecular complexity index is 567. The number of carbonyl (C=O) groups excluding carboxylic acids is 1. The second-order valence-corrected chi connectivity index (χ2v) is 6.06. The summed E-state index contributed by atoms with van der Waals surface area (Å²) in [4.78, 5) is 20.7. The molecule has 2 saturated heterocycles. The number of anilines is 1. The average Bonchev–Trinajstić information content (AvgIpc) is 3.13. The molecule has 1 unspecified atom stereocenters. The maximum Gasteiger partial charge on any atom is 0.222 e. The van der Waals surface area contributed by atoms with Gasteiger partial charge in [-0.2, -0.15) is 5.26 Å². The van der Waals surface area contributed by atoms with E-state index >= 15 is 0 Å². The second kappa shape index (κ2) is 7.42. The SMILES string of the molecule is N#Cc1ccc(N2CCN(C(=O)CCC3CCCO3)CC2)nc1. The molecule has 2 fully saturated rings. The summed E-state index contributed by atoms with van der Waals surface area (Å²) >= 11 is 0. The van der Waals surface area contributed by atoms with Gasteiger partial charge in [0.25, 0.3) is 0 Å². The van der Waals surface area contributed by atoms with E-state index in [0.717, 1.165) is 57.9 Å². The molecule has 3 rings (SSSR count). The van der Waals surface area contributed by atoms with Crippen molar-refractivity contribution < 1.29 is 9.53 Å². The lowest BCUT2D eigenvalue weighted by Gasteiger charge is -2.35. The molecule has 2 aliphatic rings. The first-order valence-corrected chi connectivity index (χ1v) is 8.27. The minimum atomic E-state index is 0.230. The third-order valence-electron chi connectivity index (χ3n) is 4.54. The van der Waals surface area contributed by atoms with Crippen molar-refractivity contribution in [3.05, 3.63) is 23.9 Å². The summed E-state index contributed by atoms with van der Waals surface area (Å²) in [6, 6.07) is 5.72. The van der Waals surface area contributed by atoms with Gasteiger partial charge in [-0.3, -0.25) is 4.79 Å². The lowest BCUT2D eigenvalue weighted by molar-refractivity contribution is -0.132. The zero-order chi connectivity index (χ0) is 16.1. The molecule has 0 saturated carbocycles. The van der Waals surface area contributed by atoms with Crippen molar-refractivity contribution in [1.82, 2.24) is 9.88 Å². The fourth-order valence-corrected chi connectivity index (χ4v) is 3.14. The van der Waals surface area contributed by atoms with E-state index in [-0.39, 0.29) is 12.0 Å². The van der Waals surface area contributed by atoms with Crippen molar-refractivity contribution >= 4 is 11.7 Å². The van der Waals surface area contributed by atoms with E-state index < -0.39 is 0 Å². The lowest BCUT2D eigenvalue weighted by atomic mass is 10.1. The molecule has 1 aromatic heterocycles. The van der Waals surface area contributed by atoms with Crippen LogP contribution in [0.2, 0.25) is 0 Å². The monoisotopic (exact) mass is 314 g/mol. The normalized spacial score (nSPS) is 21.3. The summed E-state index contributed by atoms with van der Waals surface area (Å²) in [7, 11) is 0. The number of nitrogens with zero attached hydrogens (tertiary/aromatic N) is 4. The topological polar surface area (TPSA) is 69.5 Å². The van der Waals surface area contributed by atoms with Gasteiger partial charge < -0.3 is 14.5 Å². The fourth-order valence-electron chi connectivity index (χ4n) is 3.14. The zero-order valence-corrected chi connectivity index (χ0v) is 13.3. The van der Waals surface area contributed by atoms with Gasteiger partial charge in [0, 0.05) is 45.4 Å². The third-order valence-corrected chi connectivity index (χ3v) is 4.54. The minimum Gasteiger partial charge on any atom is -0.378 e. The van der Waals surface area contributed by atoms with E-state index in [1.54, 1.807) is 12.3 Å². The maximum atomic E-state index is 12.3. The summed E-state index contributed by atoms with van der Waals surface area (Å²) in [5.41, 5.74) is 0.566. The van der Waals surface area contributed by atoms with Gasteiger partial charge in [0.05, 0.1) is 11.7 Å². The highest BCUT2D eigenvalue weighted by Gasteiger charge is 2.23. The van der Waals surface area contributed by atoms with Gasteiger partial charge >= 0.3 is 0 Å². The third kappa shape index (κ3) is 3.99. The number of pyridine rings is 1. The number of piperazine rings is 1. The number of amides is 1. The first kappa shape index (κ1) is 15.8. The highest BCUT2D eigenvalue weighted by atomic mass is 16.5. The summed E-state index contributed by atoms with van der Waals surface area (Å²) in [6.07, 6.45) is 5.51. The Hall–Kier alpha value is -2.13. The van der Waals surface area contributed by atoms with E-state index in [4.69, 9.17) is 10.00 Å². The molecule has 6 heteroatoms. The van der Waals surface area contributed by atoms with Crippen LogP contribution in [0.4, 0.5) is 5.82 Å². The van der Waals surface area contributed by atoms with E-state index in [9.17, 15) is 4.79 Å². The van der Waals surface area contributed by atoms with Crippen LogP contribution < -0.4 is 4.90 Å². The number of nitriles is 1. The van der Waals surface area contributed by atoms with Crippen LogP contribution in [-0.2, 0) is 9.53 Å². The second-order valence-electron chi connectivity index (χ2n) is 6.06. The molecule has 0 bridgehead atoms. The van der Waals surface area contributed by atoms with Gasteiger partial charge in [0.15, 0.2) is 0 Å². The Labute approximate surface area is 136 Å². The molecule has 0 spiro atoms. The molecule has 6 nitrogen and oxygen atoms in total. The van der Waals surface area contributed by atoms with Crippen molar-refractivity contribution in [2.45, 2.75) is 31.8 Å². The predicted molar refractivity (Wildman–Crippen MR) is 86.0 cm³/mol. The average molecular weight is 314 g/mol. The molecule has 1 aromatic rings. The molecule has 1 atom stereocenters. The van der Waals surface area contributed by atoms with E-state index in [2.05, 4.69) is 16.0 Å². The molecule has 122 valence electrons. The summed E-state index contributed by atoms with van der Waals surface area (Å²) in [5.74, 6) is 1.10. The lowest BCUT2D eigenvalue weighted by Crippen LogP contribution is -2.49. The van der Waals surface area contributed by atoms with Crippen molar-refractivity contribution in [1.29, 1.82) is 5.26 Å². The maximum absolute atomic E-state index is 12.3. The number of ether oxygens (including phenoxy) is 1. The van der Waals surface area contributed by atoms with Crippen LogP contribution in [0.5, 0.6) is 0 Å². The Kier molecular flexibility index (Phi) is 5.09. The number of rotatable bonds is 4. The van der Waals surface area contributed by atoms with Crippen LogP contribution in [0.15, 0.2) is 18.3 Å². The zero-order valence-electron chi connectivity index (χ0n) is 13.3. The highest BCUT2D eigenvalue weighted by Crippen LogP contribution is 2.18. The van der Waals surface area contributed by atoms with E-state index in [1.807, 2.05) is 11.0 Å². The summed E-state index contributed by atoms with van der Waals surface area (Å²) < 4.78 is 5.57. The molecule has 23 heavy (non-hydrogen) atoms. The molecule has 0 radical (unpaired) electrons. The number of hydrogen-bond donors (Lipinski definition) is 0. The molecule has 1 amide bonds. The molecule has 2 aliphatic heterocycles. The van der Waals surface area contributed by atoms with Gasteiger partial charge in [-0.1, -0.05) is 0 Å². The number of aromatic nitrogens is 1.